The van der Waals surface area contributed by atoms with Gasteiger partial charge in [0.25, 0.3) is 0 Å². The maximum absolute atomic E-state index is 12.3. The summed E-state index contributed by atoms with van der Waals surface area (Å²) in [7, 11) is 1.52. The molecule has 0 saturated carbocycles. The minimum absolute atomic E-state index is 0.0846. The van der Waals surface area contributed by atoms with Crippen molar-refractivity contribution < 1.29 is 33.6 Å². The van der Waals surface area contributed by atoms with Crippen molar-refractivity contribution in [3.05, 3.63) is 59.7 Å². The SMILES string of the molecule is COc1cc(C[C@@H](C(=O)O)[C@@H]2O[C@H](C(C)(C)C)OC2=O)ccc1OCc1ccccc1. The number of benzene rings is 2. The molecule has 0 bridgehead atoms. The molecule has 2 aromatic carbocycles. The first-order chi connectivity index (χ1) is 14.7. The van der Waals surface area contributed by atoms with Crippen molar-refractivity contribution in [2.45, 2.75) is 46.2 Å². The molecule has 0 aromatic heterocycles. The number of ether oxygens (including phenoxy) is 4. The first-order valence-corrected chi connectivity index (χ1v) is 10.1. The van der Waals surface area contributed by atoms with Crippen LogP contribution in [0.4, 0.5) is 0 Å². The van der Waals surface area contributed by atoms with Crippen LogP contribution >= 0.6 is 0 Å². The molecule has 2 aromatic rings. The highest BCUT2D eigenvalue weighted by Crippen LogP contribution is 2.34. The Kier molecular flexibility index (Phi) is 6.85. The van der Waals surface area contributed by atoms with Crippen LogP contribution in [0.15, 0.2) is 48.5 Å². The molecule has 31 heavy (non-hydrogen) atoms. The van der Waals surface area contributed by atoms with E-state index >= 15 is 0 Å². The summed E-state index contributed by atoms with van der Waals surface area (Å²) < 4.78 is 22.2. The Morgan fingerprint density at radius 1 is 1.10 bits per heavy atom. The summed E-state index contributed by atoms with van der Waals surface area (Å²) in [5, 5.41) is 9.75. The van der Waals surface area contributed by atoms with Crippen LogP contribution < -0.4 is 9.47 Å². The zero-order chi connectivity index (χ0) is 22.6. The fraction of sp³-hybridized carbons (Fsp3) is 0.417. The van der Waals surface area contributed by atoms with Crippen molar-refractivity contribution in [1.82, 2.24) is 0 Å². The molecule has 1 N–H and O–H groups in total. The van der Waals surface area contributed by atoms with Gasteiger partial charge >= 0.3 is 11.9 Å². The molecule has 3 rings (SSSR count). The first kappa shape index (κ1) is 22.6. The molecule has 0 spiro atoms. The minimum atomic E-state index is -1.17. The summed E-state index contributed by atoms with van der Waals surface area (Å²) in [5.74, 6) is -1.83. The summed E-state index contributed by atoms with van der Waals surface area (Å²) in [4.78, 5) is 24.2. The van der Waals surface area contributed by atoms with E-state index < -0.39 is 35.7 Å². The van der Waals surface area contributed by atoms with Gasteiger partial charge in [-0.3, -0.25) is 4.79 Å². The number of cyclic esters (lactones) is 1. The number of hydrogen-bond acceptors (Lipinski definition) is 6. The smallest absolute Gasteiger partial charge is 0.338 e. The lowest BCUT2D eigenvalue weighted by atomic mass is 9.93. The van der Waals surface area contributed by atoms with Crippen LogP contribution in [0.5, 0.6) is 11.5 Å². The zero-order valence-corrected chi connectivity index (χ0v) is 18.2. The topological polar surface area (TPSA) is 91.3 Å². The van der Waals surface area contributed by atoms with E-state index in [1.807, 2.05) is 51.1 Å². The third-order valence-electron chi connectivity index (χ3n) is 5.04. The van der Waals surface area contributed by atoms with E-state index in [1.165, 1.54) is 7.11 Å². The fourth-order valence-electron chi connectivity index (χ4n) is 3.30. The molecule has 1 fully saturated rings. The van der Waals surface area contributed by atoms with Gasteiger partial charge in [0.05, 0.1) is 13.0 Å². The Morgan fingerprint density at radius 3 is 2.39 bits per heavy atom. The minimum Gasteiger partial charge on any atom is -0.493 e. The third kappa shape index (κ3) is 5.55. The second-order valence-corrected chi connectivity index (χ2v) is 8.60. The lowest BCUT2D eigenvalue weighted by Gasteiger charge is -2.25. The summed E-state index contributed by atoms with van der Waals surface area (Å²) in [6.45, 7) is 5.97. The molecule has 0 amide bonds. The molecule has 1 aliphatic rings. The standard InChI is InChI=1S/C24H28O7/c1-24(2,3)23-30-20(22(27)31-23)17(21(25)26)12-16-10-11-18(19(13-16)28-4)29-14-15-8-6-5-7-9-15/h5-11,13,17,20,23H,12,14H2,1-4H3,(H,25,26)/t17-,20+,23+/m1/s1. The second kappa shape index (κ2) is 9.39. The number of methoxy groups -OCH3 is 1. The number of esters is 1. The number of carbonyl (C=O) groups is 2. The maximum atomic E-state index is 12.3. The van der Waals surface area contributed by atoms with Gasteiger partial charge in [0.1, 0.15) is 6.61 Å². The van der Waals surface area contributed by atoms with E-state index in [-0.39, 0.29) is 6.42 Å². The Bertz CT molecular complexity index is 917. The van der Waals surface area contributed by atoms with E-state index in [0.29, 0.717) is 23.7 Å². The van der Waals surface area contributed by atoms with Crippen LogP contribution in [-0.2, 0) is 32.1 Å². The van der Waals surface area contributed by atoms with E-state index in [9.17, 15) is 14.7 Å². The highest BCUT2D eigenvalue weighted by atomic mass is 16.8. The maximum Gasteiger partial charge on any atom is 0.338 e. The average Bonchev–Trinajstić information content (AvgIpc) is 3.13. The van der Waals surface area contributed by atoms with Gasteiger partial charge in [-0.05, 0) is 29.7 Å². The second-order valence-electron chi connectivity index (χ2n) is 8.60. The molecule has 0 aliphatic carbocycles. The van der Waals surface area contributed by atoms with Gasteiger partial charge in [-0.2, -0.15) is 0 Å². The van der Waals surface area contributed by atoms with Gasteiger partial charge in [0.2, 0.25) is 6.29 Å². The number of hydrogen-bond donors (Lipinski definition) is 1. The summed E-state index contributed by atoms with van der Waals surface area (Å²) in [5.41, 5.74) is 1.26. The van der Waals surface area contributed by atoms with Gasteiger partial charge in [-0.25, -0.2) is 4.79 Å². The van der Waals surface area contributed by atoms with E-state index in [1.54, 1.807) is 18.2 Å². The number of aliphatic carboxylic acids is 1. The molecular formula is C24H28O7. The monoisotopic (exact) mass is 428 g/mol. The van der Waals surface area contributed by atoms with E-state index in [0.717, 1.165) is 5.56 Å². The van der Waals surface area contributed by atoms with E-state index in [2.05, 4.69) is 0 Å². The van der Waals surface area contributed by atoms with Crippen molar-refractivity contribution in [3.63, 3.8) is 0 Å². The van der Waals surface area contributed by atoms with Gasteiger partial charge in [-0.1, -0.05) is 57.2 Å². The van der Waals surface area contributed by atoms with E-state index in [4.69, 9.17) is 18.9 Å². The molecule has 7 heteroatoms. The van der Waals surface area contributed by atoms with Crippen molar-refractivity contribution >= 4 is 11.9 Å². The summed E-state index contributed by atoms with van der Waals surface area (Å²) in [6.07, 6.45) is -1.86. The lowest BCUT2D eigenvalue weighted by Crippen LogP contribution is -2.35. The lowest BCUT2D eigenvalue weighted by molar-refractivity contribution is -0.155. The summed E-state index contributed by atoms with van der Waals surface area (Å²) >= 11 is 0. The zero-order valence-electron chi connectivity index (χ0n) is 18.2. The van der Waals surface area contributed by atoms with Crippen LogP contribution in [-0.4, -0.2) is 36.5 Å². The number of carboxylic acids is 1. The molecule has 3 atom stereocenters. The number of carboxylic acid groups (broad SMARTS) is 1. The largest absolute Gasteiger partial charge is 0.493 e. The predicted molar refractivity (Wildman–Crippen MR) is 113 cm³/mol. The molecule has 0 unspecified atom stereocenters. The van der Waals surface area contributed by atoms with Gasteiger partial charge in [0, 0.05) is 5.41 Å². The Labute approximate surface area is 181 Å². The fourth-order valence-corrected chi connectivity index (χ4v) is 3.30. The molecule has 1 saturated heterocycles. The number of carbonyl (C=O) groups excluding carboxylic acids is 1. The van der Waals surface area contributed by atoms with Crippen molar-refractivity contribution in [3.8, 4) is 11.5 Å². The summed E-state index contributed by atoms with van der Waals surface area (Å²) in [6, 6.07) is 15.0. The van der Waals surface area contributed by atoms with Crippen LogP contribution in [0.3, 0.4) is 0 Å². The quantitative estimate of drug-likeness (QED) is 0.639. The van der Waals surface area contributed by atoms with Crippen LogP contribution in [0, 0.1) is 11.3 Å². The first-order valence-electron chi connectivity index (χ1n) is 10.1. The van der Waals surface area contributed by atoms with Crippen molar-refractivity contribution in [2.75, 3.05) is 7.11 Å². The Morgan fingerprint density at radius 2 is 1.81 bits per heavy atom. The van der Waals surface area contributed by atoms with Crippen molar-refractivity contribution in [1.29, 1.82) is 0 Å². The molecule has 7 nitrogen and oxygen atoms in total. The molecule has 1 heterocycles. The number of rotatable bonds is 8. The van der Waals surface area contributed by atoms with Crippen LogP contribution in [0.1, 0.15) is 31.9 Å². The van der Waals surface area contributed by atoms with Gasteiger partial charge in [-0.15, -0.1) is 0 Å². The molecular weight excluding hydrogens is 400 g/mol. The third-order valence-corrected chi connectivity index (χ3v) is 5.04. The average molecular weight is 428 g/mol. The normalized spacial score (nSPS) is 19.5. The van der Waals surface area contributed by atoms with Crippen molar-refractivity contribution in [2.24, 2.45) is 11.3 Å². The highest BCUT2D eigenvalue weighted by molar-refractivity contribution is 5.84. The Balaban J connectivity index is 1.73. The molecule has 166 valence electrons. The highest BCUT2D eigenvalue weighted by Gasteiger charge is 2.47. The van der Waals surface area contributed by atoms with Crippen LogP contribution in [0.2, 0.25) is 0 Å². The van der Waals surface area contributed by atoms with Crippen LogP contribution in [0.25, 0.3) is 0 Å². The van der Waals surface area contributed by atoms with Gasteiger partial charge in [0.15, 0.2) is 17.6 Å². The Hall–Kier alpha value is -3.06. The molecule has 1 aliphatic heterocycles. The van der Waals surface area contributed by atoms with Gasteiger partial charge < -0.3 is 24.1 Å². The predicted octanol–water partition coefficient (Wildman–Crippen LogP) is 3.83. The molecule has 0 radical (unpaired) electrons.